The molecule has 0 N–H and O–H groups in total. The van der Waals surface area contributed by atoms with E-state index in [2.05, 4.69) is 14.9 Å². The maximum atomic E-state index is 10.7. The van der Waals surface area contributed by atoms with Crippen LogP contribution in [-0.2, 0) is 0 Å². The number of aromatic nitrogens is 2. The monoisotopic (exact) mass is 275 g/mol. The molecule has 0 fully saturated rings. The number of nitro benzene ring substituents is 1. The summed E-state index contributed by atoms with van der Waals surface area (Å²) in [6.07, 6.45) is 1.64. The number of likely N-dealkylation sites (N-methyl/N-ethyl adjacent to an activating group) is 2. The van der Waals surface area contributed by atoms with E-state index in [1.54, 1.807) is 12.3 Å². The molecule has 0 aliphatic heterocycles. The van der Waals surface area contributed by atoms with Gasteiger partial charge in [-0.15, -0.1) is 0 Å². The Morgan fingerprint density at radius 3 is 2.60 bits per heavy atom. The van der Waals surface area contributed by atoms with Gasteiger partial charge < -0.3 is 9.80 Å². The summed E-state index contributed by atoms with van der Waals surface area (Å²) in [5.41, 5.74) is 1.22. The van der Waals surface area contributed by atoms with E-state index in [-0.39, 0.29) is 5.69 Å². The molecular weight excluding hydrogens is 258 g/mol. The van der Waals surface area contributed by atoms with Crippen molar-refractivity contribution in [1.82, 2.24) is 14.9 Å². The van der Waals surface area contributed by atoms with Crippen molar-refractivity contribution in [2.24, 2.45) is 0 Å². The number of nitrogens with zero attached hydrogens (tertiary/aromatic N) is 5. The van der Waals surface area contributed by atoms with E-state index < -0.39 is 4.92 Å². The van der Waals surface area contributed by atoms with E-state index in [9.17, 15) is 10.1 Å². The predicted molar refractivity (Wildman–Crippen MR) is 78.0 cm³/mol. The Balaban J connectivity index is 2.25. The molecule has 1 aromatic carbocycles. The number of anilines is 1. The van der Waals surface area contributed by atoms with E-state index in [1.807, 2.05) is 26.0 Å². The van der Waals surface area contributed by atoms with Crippen LogP contribution in [0.5, 0.6) is 0 Å². The highest BCUT2D eigenvalue weighted by Crippen LogP contribution is 2.19. The molecule has 0 aliphatic rings. The van der Waals surface area contributed by atoms with Crippen molar-refractivity contribution in [2.75, 3.05) is 39.1 Å². The van der Waals surface area contributed by atoms with Gasteiger partial charge in [-0.3, -0.25) is 15.1 Å². The molecule has 0 bridgehead atoms. The Hall–Kier alpha value is -2.28. The van der Waals surface area contributed by atoms with Gasteiger partial charge in [-0.1, -0.05) is 0 Å². The molecule has 0 atom stereocenters. The van der Waals surface area contributed by atoms with E-state index in [4.69, 9.17) is 0 Å². The number of fused-ring (bicyclic) bond motifs is 1. The van der Waals surface area contributed by atoms with Gasteiger partial charge in [0.25, 0.3) is 5.69 Å². The van der Waals surface area contributed by atoms with Crippen molar-refractivity contribution in [3.63, 3.8) is 0 Å². The minimum absolute atomic E-state index is 0.0283. The van der Waals surface area contributed by atoms with Crippen LogP contribution in [0.2, 0.25) is 0 Å². The zero-order valence-corrected chi connectivity index (χ0v) is 11.8. The fourth-order valence-corrected chi connectivity index (χ4v) is 1.75. The summed E-state index contributed by atoms with van der Waals surface area (Å²) in [4.78, 5) is 23.1. The molecular formula is C13H17N5O2. The van der Waals surface area contributed by atoms with Crippen LogP contribution in [0.3, 0.4) is 0 Å². The summed E-state index contributed by atoms with van der Waals surface area (Å²) in [5, 5.41) is 10.7. The first kappa shape index (κ1) is 14.1. The summed E-state index contributed by atoms with van der Waals surface area (Å²) in [7, 11) is 5.98. The van der Waals surface area contributed by atoms with Crippen LogP contribution in [0.25, 0.3) is 11.0 Å². The lowest BCUT2D eigenvalue weighted by atomic mass is 10.2. The Bertz CT molecular complexity index is 629. The van der Waals surface area contributed by atoms with Crippen molar-refractivity contribution >= 4 is 22.5 Å². The van der Waals surface area contributed by atoms with Gasteiger partial charge in [-0.25, -0.2) is 4.98 Å². The largest absolute Gasteiger partial charge is 0.357 e. The van der Waals surface area contributed by atoms with Crippen LogP contribution in [0.4, 0.5) is 11.5 Å². The van der Waals surface area contributed by atoms with E-state index >= 15 is 0 Å². The normalized spacial score (nSPS) is 11.0. The Morgan fingerprint density at radius 2 is 1.95 bits per heavy atom. The molecule has 0 spiro atoms. The fraction of sp³-hybridized carbons (Fsp3) is 0.385. The van der Waals surface area contributed by atoms with Gasteiger partial charge >= 0.3 is 0 Å². The molecule has 0 unspecified atom stereocenters. The fourth-order valence-electron chi connectivity index (χ4n) is 1.75. The van der Waals surface area contributed by atoms with Gasteiger partial charge in [0, 0.05) is 32.3 Å². The zero-order valence-electron chi connectivity index (χ0n) is 11.8. The van der Waals surface area contributed by atoms with Crippen molar-refractivity contribution < 1.29 is 4.92 Å². The highest BCUT2D eigenvalue weighted by atomic mass is 16.6. The van der Waals surface area contributed by atoms with Crippen LogP contribution in [0, 0.1) is 10.1 Å². The van der Waals surface area contributed by atoms with E-state index in [1.165, 1.54) is 12.1 Å². The van der Waals surface area contributed by atoms with Gasteiger partial charge in [0.1, 0.15) is 5.82 Å². The summed E-state index contributed by atoms with van der Waals surface area (Å²) in [6.45, 7) is 1.75. The molecule has 1 heterocycles. The molecule has 106 valence electrons. The second-order valence-corrected chi connectivity index (χ2v) is 4.88. The van der Waals surface area contributed by atoms with Crippen LogP contribution in [0.1, 0.15) is 0 Å². The van der Waals surface area contributed by atoms with Crippen molar-refractivity contribution in [1.29, 1.82) is 0 Å². The average molecular weight is 275 g/mol. The number of benzene rings is 1. The predicted octanol–water partition coefficient (Wildman–Crippen LogP) is 1.54. The number of non-ortho nitro benzene ring substituents is 1. The van der Waals surface area contributed by atoms with E-state index in [0.717, 1.165) is 18.9 Å². The molecule has 1 aromatic heterocycles. The second kappa shape index (κ2) is 5.79. The molecule has 7 nitrogen and oxygen atoms in total. The summed E-state index contributed by atoms with van der Waals surface area (Å²) in [6, 6.07) is 4.51. The molecule has 0 radical (unpaired) electrons. The van der Waals surface area contributed by atoms with Gasteiger partial charge in [-0.05, 0) is 20.2 Å². The number of rotatable bonds is 5. The zero-order chi connectivity index (χ0) is 14.7. The third-order valence-corrected chi connectivity index (χ3v) is 3.00. The van der Waals surface area contributed by atoms with Gasteiger partial charge in [0.2, 0.25) is 0 Å². The SMILES string of the molecule is CN(C)CCN(C)c1cnc2cc([N+](=O)[O-])ccc2n1. The minimum Gasteiger partial charge on any atom is -0.357 e. The summed E-state index contributed by atoms with van der Waals surface area (Å²) in [5.74, 6) is 0.758. The van der Waals surface area contributed by atoms with E-state index in [0.29, 0.717) is 11.0 Å². The Labute approximate surface area is 117 Å². The molecule has 2 aromatic rings. The topological polar surface area (TPSA) is 75.4 Å². The van der Waals surface area contributed by atoms with Crippen molar-refractivity contribution in [3.05, 3.63) is 34.5 Å². The standard InChI is InChI=1S/C13H17N5O2/c1-16(2)6-7-17(3)13-9-14-12-8-10(18(19)20)4-5-11(12)15-13/h4-5,8-9H,6-7H2,1-3H3. The Morgan fingerprint density at radius 1 is 1.20 bits per heavy atom. The lowest BCUT2D eigenvalue weighted by Gasteiger charge is -2.20. The second-order valence-electron chi connectivity index (χ2n) is 4.88. The van der Waals surface area contributed by atoms with Crippen LogP contribution in [0.15, 0.2) is 24.4 Å². The number of hydrogen-bond acceptors (Lipinski definition) is 6. The molecule has 2 rings (SSSR count). The first-order chi connectivity index (χ1) is 9.47. The molecule has 20 heavy (non-hydrogen) atoms. The maximum Gasteiger partial charge on any atom is 0.271 e. The van der Waals surface area contributed by atoms with Gasteiger partial charge in [-0.2, -0.15) is 0 Å². The highest BCUT2D eigenvalue weighted by molar-refractivity contribution is 5.78. The molecule has 0 saturated heterocycles. The number of hydrogen-bond donors (Lipinski definition) is 0. The lowest BCUT2D eigenvalue weighted by molar-refractivity contribution is -0.384. The molecule has 0 amide bonds. The number of nitro groups is 1. The first-order valence-electron chi connectivity index (χ1n) is 6.24. The first-order valence-corrected chi connectivity index (χ1v) is 6.24. The summed E-state index contributed by atoms with van der Waals surface area (Å²) >= 11 is 0. The average Bonchev–Trinajstić information content (AvgIpc) is 2.43. The minimum atomic E-state index is -0.432. The van der Waals surface area contributed by atoms with Crippen molar-refractivity contribution in [2.45, 2.75) is 0 Å². The quantitative estimate of drug-likeness (QED) is 0.608. The third kappa shape index (κ3) is 3.18. The van der Waals surface area contributed by atoms with Crippen LogP contribution in [-0.4, -0.2) is 54.0 Å². The maximum absolute atomic E-state index is 10.7. The van der Waals surface area contributed by atoms with Crippen LogP contribution >= 0.6 is 0 Å². The molecule has 0 saturated carbocycles. The Kier molecular flexibility index (Phi) is 4.09. The van der Waals surface area contributed by atoms with Crippen LogP contribution < -0.4 is 4.90 Å². The molecule has 0 aliphatic carbocycles. The summed E-state index contributed by atoms with van der Waals surface area (Å²) < 4.78 is 0. The van der Waals surface area contributed by atoms with Crippen molar-refractivity contribution in [3.8, 4) is 0 Å². The molecule has 7 heteroatoms. The lowest BCUT2D eigenvalue weighted by Crippen LogP contribution is -2.29. The third-order valence-electron chi connectivity index (χ3n) is 3.00. The van der Waals surface area contributed by atoms with Gasteiger partial charge in [0.05, 0.1) is 22.2 Å². The smallest absolute Gasteiger partial charge is 0.271 e. The van der Waals surface area contributed by atoms with Gasteiger partial charge in [0.15, 0.2) is 0 Å². The highest BCUT2D eigenvalue weighted by Gasteiger charge is 2.10.